The fourth-order valence-electron chi connectivity index (χ4n) is 4.19. The van der Waals surface area contributed by atoms with Crippen LogP contribution in [0, 0.1) is 0 Å². The summed E-state index contributed by atoms with van der Waals surface area (Å²) >= 11 is 0. The first kappa shape index (κ1) is 23.1. The zero-order chi connectivity index (χ0) is 23.0. The molecule has 0 fully saturated rings. The molecule has 1 unspecified atom stereocenters. The second-order valence-electron chi connectivity index (χ2n) is 8.69. The minimum Gasteiger partial charge on any atom is -0.493 e. The summed E-state index contributed by atoms with van der Waals surface area (Å²) in [7, 11) is 5.86. The quantitative estimate of drug-likeness (QED) is 0.452. The van der Waals surface area contributed by atoms with Crippen LogP contribution in [0.4, 0.5) is 0 Å². The third-order valence-corrected chi connectivity index (χ3v) is 5.95. The van der Waals surface area contributed by atoms with Gasteiger partial charge in [0.15, 0.2) is 11.5 Å². The van der Waals surface area contributed by atoms with Gasteiger partial charge in [-0.05, 0) is 73.5 Å². The van der Waals surface area contributed by atoms with Crippen molar-refractivity contribution in [3.05, 3.63) is 89.0 Å². The summed E-state index contributed by atoms with van der Waals surface area (Å²) in [5, 5.41) is 3.67. The fraction of sp³-hybridized carbons (Fsp3) is 0.357. The van der Waals surface area contributed by atoms with Crippen molar-refractivity contribution in [3.63, 3.8) is 0 Å². The first-order valence-electron chi connectivity index (χ1n) is 11.6. The molecular weight excluding hydrogens is 412 g/mol. The van der Waals surface area contributed by atoms with Crippen LogP contribution < -0.4 is 19.5 Å². The van der Waals surface area contributed by atoms with Crippen LogP contribution in [0.2, 0.25) is 0 Å². The molecule has 3 aromatic carbocycles. The van der Waals surface area contributed by atoms with Gasteiger partial charge in [-0.2, -0.15) is 0 Å². The van der Waals surface area contributed by atoms with Crippen LogP contribution in [0.25, 0.3) is 0 Å². The van der Waals surface area contributed by atoms with Gasteiger partial charge < -0.3 is 24.4 Å². The van der Waals surface area contributed by atoms with E-state index in [4.69, 9.17) is 14.2 Å². The Kier molecular flexibility index (Phi) is 7.87. The summed E-state index contributed by atoms with van der Waals surface area (Å²) in [6.45, 7) is 3.16. The Morgan fingerprint density at radius 2 is 1.73 bits per heavy atom. The summed E-state index contributed by atoms with van der Waals surface area (Å²) < 4.78 is 17.7. The van der Waals surface area contributed by atoms with Crippen LogP contribution in [0.1, 0.15) is 34.7 Å². The molecule has 0 spiro atoms. The van der Waals surface area contributed by atoms with Crippen molar-refractivity contribution < 1.29 is 14.2 Å². The molecule has 5 nitrogen and oxygen atoms in total. The first-order chi connectivity index (χ1) is 16.1. The molecule has 0 saturated carbocycles. The highest BCUT2D eigenvalue weighted by Crippen LogP contribution is 2.38. The minimum absolute atomic E-state index is 0.118. The van der Waals surface area contributed by atoms with E-state index in [1.807, 2.05) is 18.2 Å². The second-order valence-corrected chi connectivity index (χ2v) is 8.69. The summed E-state index contributed by atoms with van der Waals surface area (Å²) in [5.41, 5.74) is 4.94. The van der Waals surface area contributed by atoms with Gasteiger partial charge in [0, 0.05) is 13.1 Å². The van der Waals surface area contributed by atoms with Crippen LogP contribution in [0.5, 0.6) is 17.2 Å². The highest BCUT2D eigenvalue weighted by Gasteiger charge is 2.24. The molecule has 33 heavy (non-hydrogen) atoms. The lowest BCUT2D eigenvalue weighted by atomic mass is 9.89. The van der Waals surface area contributed by atoms with Crippen molar-refractivity contribution in [3.8, 4) is 17.2 Å². The number of nitrogens with zero attached hydrogens (tertiary/aromatic N) is 1. The van der Waals surface area contributed by atoms with Crippen molar-refractivity contribution in [1.82, 2.24) is 10.2 Å². The number of benzene rings is 3. The Labute approximate surface area is 197 Å². The van der Waals surface area contributed by atoms with Gasteiger partial charge >= 0.3 is 0 Å². The van der Waals surface area contributed by atoms with E-state index in [9.17, 15) is 0 Å². The topological polar surface area (TPSA) is 43.0 Å². The maximum atomic E-state index is 6.12. The number of fused-ring (bicyclic) bond motifs is 1. The molecule has 3 aromatic rings. The summed E-state index contributed by atoms with van der Waals surface area (Å²) in [6.07, 6.45) is 1.95. The molecule has 0 bridgehead atoms. The molecule has 1 aliphatic heterocycles. The zero-order valence-electron chi connectivity index (χ0n) is 19.8. The Bertz CT molecular complexity index is 1020. The van der Waals surface area contributed by atoms with Gasteiger partial charge in [0.25, 0.3) is 0 Å². The van der Waals surface area contributed by atoms with Gasteiger partial charge in [-0.15, -0.1) is 0 Å². The van der Waals surface area contributed by atoms with Gasteiger partial charge in [0.1, 0.15) is 12.4 Å². The van der Waals surface area contributed by atoms with Gasteiger partial charge in [0.2, 0.25) is 0 Å². The van der Waals surface area contributed by atoms with Crippen LogP contribution in [0.15, 0.2) is 66.7 Å². The standard InChI is InChI=1S/C28H34N2O3/c1-30(2)16-7-17-32-27-19-25-23(18-26(27)31-3)14-15-29-28(25)22-10-12-24(13-11-22)33-20-21-8-5-4-6-9-21/h4-6,8-13,18-19,28-29H,7,14-17,20H2,1-3H3. The fourth-order valence-corrected chi connectivity index (χ4v) is 4.19. The van der Waals surface area contributed by atoms with Crippen LogP contribution in [0.3, 0.4) is 0 Å². The number of hydrogen-bond acceptors (Lipinski definition) is 5. The SMILES string of the molecule is COc1cc2c(cc1OCCCN(C)C)C(c1ccc(OCc3ccccc3)cc1)NCC2. The highest BCUT2D eigenvalue weighted by atomic mass is 16.5. The molecule has 4 rings (SSSR count). The Morgan fingerprint density at radius 1 is 0.939 bits per heavy atom. The van der Waals surface area contributed by atoms with E-state index in [1.165, 1.54) is 16.7 Å². The molecule has 1 aliphatic rings. The van der Waals surface area contributed by atoms with Crippen LogP contribution in [-0.4, -0.2) is 45.8 Å². The van der Waals surface area contributed by atoms with Gasteiger partial charge in [-0.3, -0.25) is 0 Å². The molecule has 1 atom stereocenters. The molecule has 0 saturated heterocycles. The molecule has 0 aliphatic carbocycles. The molecule has 5 heteroatoms. The second kappa shape index (κ2) is 11.2. The normalized spacial score (nSPS) is 15.2. The lowest BCUT2D eigenvalue weighted by Crippen LogP contribution is -2.30. The van der Waals surface area contributed by atoms with Crippen molar-refractivity contribution >= 4 is 0 Å². The molecule has 0 radical (unpaired) electrons. The number of ether oxygens (including phenoxy) is 3. The van der Waals surface area contributed by atoms with Gasteiger partial charge in [0.05, 0.1) is 19.8 Å². The Hall–Kier alpha value is -3.02. The van der Waals surface area contributed by atoms with E-state index in [0.29, 0.717) is 13.2 Å². The number of hydrogen-bond donors (Lipinski definition) is 1. The van der Waals surface area contributed by atoms with E-state index in [1.54, 1.807) is 7.11 Å². The van der Waals surface area contributed by atoms with Gasteiger partial charge in [-0.25, -0.2) is 0 Å². The summed E-state index contributed by atoms with van der Waals surface area (Å²) in [5.74, 6) is 2.49. The van der Waals surface area contributed by atoms with Crippen molar-refractivity contribution in [2.24, 2.45) is 0 Å². The lowest BCUT2D eigenvalue weighted by Gasteiger charge is -2.29. The maximum absolute atomic E-state index is 6.12. The highest BCUT2D eigenvalue weighted by molar-refractivity contribution is 5.52. The monoisotopic (exact) mass is 446 g/mol. The number of rotatable bonds is 10. The largest absolute Gasteiger partial charge is 0.493 e. The lowest BCUT2D eigenvalue weighted by molar-refractivity contribution is 0.267. The van der Waals surface area contributed by atoms with Gasteiger partial charge in [-0.1, -0.05) is 42.5 Å². The average molecular weight is 447 g/mol. The van der Waals surface area contributed by atoms with E-state index in [-0.39, 0.29) is 6.04 Å². The molecule has 0 amide bonds. The van der Waals surface area contributed by atoms with Crippen molar-refractivity contribution in [1.29, 1.82) is 0 Å². The third-order valence-electron chi connectivity index (χ3n) is 5.95. The first-order valence-corrected chi connectivity index (χ1v) is 11.6. The van der Waals surface area contributed by atoms with Crippen LogP contribution in [-0.2, 0) is 13.0 Å². The molecular formula is C28H34N2O3. The molecule has 174 valence electrons. The predicted molar refractivity (Wildman–Crippen MR) is 132 cm³/mol. The Balaban J connectivity index is 1.48. The van der Waals surface area contributed by atoms with E-state index >= 15 is 0 Å². The maximum Gasteiger partial charge on any atom is 0.161 e. The smallest absolute Gasteiger partial charge is 0.161 e. The van der Waals surface area contributed by atoms with E-state index < -0.39 is 0 Å². The summed E-state index contributed by atoms with van der Waals surface area (Å²) in [4.78, 5) is 2.17. The molecule has 0 aromatic heterocycles. The van der Waals surface area contributed by atoms with Crippen molar-refractivity contribution in [2.75, 3.05) is 40.9 Å². The number of methoxy groups -OCH3 is 1. The minimum atomic E-state index is 0.118. The van der Waals surface area contributed by atoms with E-state index in [0.717, 1.165) is 48.7 Å². The Morgan fingerprint density at radius 3 is 2.45 bits per heavy atom. The molecule has 1 heterocycles. The van der Waals surface area contributed by atoms with Crippen molar-refractivity contribution in [2.45, 2.75) is 25.5 Å². The average Bonchev–Trinajstić information content (AvgIpc) is 2.85. The number of nitrogens with one attached hydrogen (secondary N) is 1. The predicted octanol–water partition coefficient (Wildman–Crippen LogP) is 4.84. The summed E-state index contributed by atoms with van der Waals surface area (Å²) in [6, 6.07) is 23.0. The van der Waals surface area contributed by atoms with E-state index in [2.05, 4.69) is 72.8 Å². The zero-order valence-corrected chi connectivity index (χ0v) is 19.8. The third kappa shape index (κ3) is 6.06. The molecule has 1 N–H and O–H groups in total. The van der Waals surface area contributed by atoms with Crippen LogP contribution >= 0.6 is 0 Å².